The summed E-state index contributed by atoms with van der Waals surface area (Å²) in [6.07, 6.45) is 5.77. The number of methoxy groups -OCH3 is 1. The van der Waals surface area contributed by atoms with E-state index in [0.717, 1.165) is 42.2 Å². The van der Waals surface area contributed by atoms with Crippen LogP contribution < -0.4 is 15.4 Å². The van der Waals surface area contributed by atoms with E-state index in [2.05, 4.69) is 28.6 Å². The molecule has 8 heteroatoms. The van der Waals surface area contributed by atoms with Crippen molar-refractivity contribution in [3.05, 3.63) is 34.6 Å². The number of aromatic nitrogens is 3. The molecular weight excluding hydrogens is 406 g/mol. The number of hydrogen-bond donors (Lipinski definition) is 2. The Hall–Kier alpha value is -2.45. The topological polar surface area (TPSA) is 90.4 Å². The Morgan fingerprint density at radius 3 is 2.78 bits per heavy atom. The third-order valence-electron chi connectivity index (χ3n) is 6.95. The molecule has 2 N–H and O–H groups in total. The molecule has 4 heterocycles. The van der Waals surface area contributed by atoms with Crippen LogP contribution in [0.2, 0.25) is 0 Å². The molecule has 0 amide bonds. The smallest absolute Gasteiger partial charge is 0.225 e. The standard InChI is InChI=1S/C24H33N5O3/c1-14-16(9-10-22(25-14)30-3)15(2)26-23-17-7-5-4-6-8-19(17)27-24(29-23)28-20-12-32-21-13-31-11-18(20)21/h9-10,15,18,20-21H,4-8,11-13H2,1-3H3,(H2,26,27,28,29)/t15?,18-,20+,21-/m0/s1. The summed E-state index contributed by atoms with van der Waals surface area (Å²) in [5.74, 6) is 2.61. The van der Waals surface area contributed by atoms with Crippen LogP contribution in [0.25, 0.3) is 0 Å². The molecule has 1 unspecified atom stereocenters. The number of rotatable bonds is 6. The molecule has 2 aromatic heterocycles. The molecule has 1 aliphatic carbocycles. The minimum absolute atomic E-state index is 0.0611. The molecule has 0 radical (unpaired) electrons. The summed E-state index contributed by atoms with van der Waals surface area (Å²) in [5.41, 5.74) is 4.51. The molecule has 0 aromatic carbocycles. The fourth-order valence-corrected chi connectivity index (χ4v) is 5.12. The Morgan fingerprint density at radius 1 is 1.06 bits per heavy atom. The number of hydrogen-bond acceptors (Lipinski definition) is 8. The first-order valence-corrected chi connectivity index (χ1v) is 11.8. The monoisotopic (exact) mass is 439 g/mol. The molecule has 2 aromatic rings. The third-order valence-corrected chi connectivity index (χ3v) is 6.95. The van der Waals surface area contributed by atoms with E-state index in [4.69, 9.17) is 24.2 Å². The van der Waals surface area contributed by atoms with Crippen LogP contribution >= 0.6 is 0 Å². The van der Waals surface area contributed by atoms with E-state index in [-0.39, 0.29) is 18.2 Å². The highest BCUT2D eigenvalue weighted by molar-refractivity contribution is 5.53. The van der Waals surface area contributed by atoms with Crippen molar-refractivity contribution in [1.82, 2.24) is 15.0 Å². The van der Waals surface area contributed by atoms with Crippen LogP contribution in [0.4, 0.5) is 11.8 Å². The van der Waals surface area contributed by atoms with E-state index in [1.165, 1.54) is 24.8 Å². The number of pyridine rings is 1. The van der Waals surface area contributed by atoms with Gasteiger partial charge in [0, 0.05) is 23.2 Å². The summed E-state index contributed by atoms with van der Waals surface area (Å²) in [5, 5.41) is 7.24. The van der Waals surface area contributed by atoms with Crippen LogP contribution in [0.1, 0.15) is 54.7 Å². The summed E-state index contributed by atoms with van der Waals surface area (Å²) in [4.78, 5) is 14.4. The predicted molar refractivity (Wildman–Crippen MR) is 122 cm³/mol. The first-order valence-electron chi connectivity index (χ1n) is 11.8. The molecule has 172 valence electrons. The van der Waals surface area contributed by atoms with Crippen LogP contribution in [0.3, 0.4) is 0 Å². The first kappa shape index (κ1) is 21.4. The molecule has 2 saturated heterocycles. The first-order chi connectivity index (χ1) is 15.6. The minimum Gasteiger partial charge on any atom is -0.481 e. The van der Waals surface area contributed by atoms with Gasteiger partial charge in [0.05, 0.1) is 50.8 Å². The highest BCUT2D eigenvalue weighted by atomic mass is 16.6. The second-order valence-corrected chi connectivity index (χ2v) is 9.10. The maximum atomic E-state index is 5.90. The second-order valence-electron chi connectivity index (χ2n) is 9.10. The van der Waals surface area contributed by atoms with Crippen LogP contribution in [0.15, 0.2) is 12.1 Å². The van der Waals surface area contributed by atoms with Gasteiger partial charge < -0.3 is 24.8 Å². The van der Waals surface area contributed by atoms with Gasteiger partial charge in [0.2, 0.25) is 11.8 Å². The van der Waals surface area contributed by atoms with E-state index in [1.54, 1.807) is 7.11 Å². The highest BCUT2D eigenvalue weighted by Gasteiger charge is 2.41. The molecule has 0 bridgehead atoms. The molecular formula is C24H33N5O3. The number of ether oxygens (including phenoxy) is 3. The van der Waals surface area contributed by atoms with Gasteiger partial charge in [-0.3, -0.25) is 0 Å². The van der Waals surface area contributed by atoms with Gasteiger partial charge in [-0.2, -0.15) is 4.98 Å². The molecule has 8 nitrogen and oxygen atoms in total. The van der Waals surface area contributed by atoms with Crippen LogP contribution in [0, 0.1) is 12.8 Å². The van der Waals surface area contributed by atoms with Crippen LogP contribution in [-0.4, -0.2) is 54.0 Å². The lowest BCUT2D eigenvalue weighted by atomic mass is 10.0. The number of aryl methyl sites for hydroxylation is 2. The molecule has 2 aliphatic heterocycles. The maximum Gasteiger partial charge on any atom is 0.225 e. The highest BCUT2D eigenvalue weighted by Crippen LogP contribution is 2.32. The van der Waals surface area contributed by atoms with Crippen molar-refractivity contribution >= 4 is 11.8 Å². The molecule has 3 aliphatic rings. The quantitative estimate of drug-likeness (QED) is 0.662. The normalized spacial score (nSPS) is 25.5. The van der Waals surface area contributed by atoms with Gasteiger partial charge in [-0.15, -0.1) is 0 Å². The van der Waals surface area contributed by atoms with Gasteiger partial charge in [-0.1, -0.05) is 6.42 Å². The Morgan fingerprint density at radius 2 is 1.94 bits per heavy atom. The average Bonchev–Trinajstić information content (AvgIpc) is 3.32. The van der Waals surface area contributed by atoms with Crippen molar-refractivity contribution in [1.29, 1.82) is 0 Å². The van der Waals surface area contributed by atoms with Crippen molar-refractivity contribution in [3.63, 3.8) is 0 Å². The van der Waals surface area contributed by atoms with Crippen LogP contribution in [-0.2, 0) is 22.3 Å². The van der Waals surface area contributed by atoms with Gasteiger partial charge in [0.15, 0.2) is 0 Å². The van der Waals surface area contributed by atoms with Gasteiger partial charge >= 0.3 is 0 Å². The summed E-state index contributed by atoms with van der Waals surface area (Å²) in [6, 6.07) is 4.23. The largest absolute Gasteiger partial charge is 0.481 e. The van der Waals surface area contributed by atoms with Crippen LogP contribution in [0.5, 0.6) is 5.88 Å². The Balaban J connectivity index is 1.42. The lowest BCUT2D eigenvalue weighted by Crippen LogP contribution is -2.31. The zero-order chi connectivity index (χ0) is 22.1. The zero-order valence-corrected chi connectivity index (χ0v) is 19.2. The summed E-state index contributed by atoms with van der Waals surface area (Å²) < 4.78 is 16.8. The molecule has 0 saturated carbocycles. The zero-order valence-electron chi connectivity index (χ0n) is 19.2. The fraction of sp³-hybridized carbons (Fsp3) is 0.625. The third kappa shape index (κ3) is 4.26. The van der Waals surface area contributed by atoms with Crippen molar-refractivity contribution in [2.24, 2.45) is 5.92 Å². The summed E-state index contributed by atoms with van der Waals surface area (Å²) in [7, 11) is 1.64. The molecule has 4 atom stereocenters. The maximum absolute atomic E-state index is 5.90. The minimum atomic E-state index is 0.0611. The van der Waals surface area contributed by atoms with Crippen molar-refractivity contribution < 1.29 is 14.2 Å². The lowest BCUT2D eigenvalue weighted by molar-refractivity contribution is 0.0698. The van der Waals surface area contributed by atoms with Crippen molar-refractivity contribution in [2.45, 2.75) is 64.1 Å². The van der Waals surface area contributed by atoms with E-state index in [0.29, 0.717) is 31.0 Å². The predicted octanol–water partition coefficient (Wildman–Crippen LogP) is 3.46. The number of nitrogens with zero attached hydrogens (tertiary/aromatic N) is 3. The van der Waals surface area contributed by atoms with Gasteiger partial charge in [0.1, 0.15) is 5.82 Å². The summed E-state index contributed by atoms with van der Waals surface area (Å²) >= 11 is 0. The number of fused-ring (bicyclic) bond motifs is 2. The van der Waals surface area contributed by atoms with Gasteiger partial charge in [-0.25, -0.2) is 9.97 Å². The second kappa shape index (κ2) is 9.19. The van der Waals surface area contributed by atoms with Gasteiger partial charge in [0.25, 0.3) is 0 Å². The Bertz CT molecular complexity index is 969. The van der Waals surface area contributed by atoms with Crippen molar-refractivity contribution in [3.8, 4) is 5.88 Å². The van der Waals surface area contributed by atoms with E-state index in [9.17, 15) is 0 Å². The Labute approximate surface area is 189 Å². The fourth-order valence-electron chi connectivity index (χ4n) is 5.12. The van der Waals surface area contributed by atoms with E-state index in [1.807, 2.05) is 13.0 Å². The van der Waals surface area contributed by atoms with Crippen molar-refractivity contribution in [2.75, 3.05) is 37.6 Å². The van der Waals surface area contributed by atoms with E-state index < -0.39 is 0 Å². The molecule has 0 spiro atoms. The average molecular weight is 440 g/mol. The molecule has 2 fully saturated rings. The SMILES string of the molecule is COc1ccc(C(C)Nc2nc(N[C@@H]3CO[C@H]4COC[C@H]43)nc3c2CCCCC3)c(C)n1. The Kier molecular flexibility index (Phi) is 6.15. The number of nitrogens with one attached hydrogen (secondary N) is 2. The lowest BCUT2D eigenvalue weighted by Gasteiger charge is -2.22. The molecule has 32 heavy (non-hydrogen) atoms. The number of anilines is 2. The molecule has 5 rings (SSSR count). The van der Waals surface area contributed by atoms with E-state index >= 15 is 0 Å². The summed E-state index contributed by atoms with van der Waals surface area (Å²) in [6.45, 7) is 6.27. The van der Waals surface area contributed by atoms with Gasteiger partial charge in [-0.05, 0) is 51.2 Å².